The lowest BCUT2D eigenvalue weighted by Crippen LogP contribution is -1.61. The standard InChI is InChI=1S/C6H7ClS/c1-4-3-6(7)8-5(4)2/h3H,1-2H3. The average Bonchev–Trinajstić information content (AvgIpc) is 1.85. The van der Waals surface area contributed by atoms with E-state index in [-0.39, 0.29) is 0 Å². The van der Waals surface area contributed by atoms with Crippen molar-refractivity contribution in [2.24, 2.45) is 0 Å². The lowest BCUT2D eigenvalue weighted by molar-refractivity contribution is 1.44. The van der Waals surface area contributed by atoms with E-state index in [9.17, 15) is 0 Å². The Balaban J connectivity index is 3.14. The summed E-state index contributed by atoms with van der Waals surface area (Å²) in [5.41, 5.74) is 1.29. The van der Waals surface area contributed by atoms with Gasteiger partial charge in [-0.3, -0.25) is 0 Å². The second-order valence-corrected chi connectivity index (χ2v) is 3.68. The number of hydrogen-bond donors (Lipinski definition) is 0. The Hall–Kier alpha value is -0.0100. The minimum Gasteiger partial charge on any atom is -0.128 e. The number of thiophene rings is 1. The van der Waals surface area contributed by atoms with E-state index < -0.39 is 0 Å². The first-order valence-electron chi connectivity index (χ1n) is 2.42. The van der Waals surface area contributed by atoms with Gasteiger partial charge in [0, 0.05) is 4.88 Å². The highest BCUT2D eigenvalue weighted by Crippen LogP contribution is 2.24. The van der Waals surface area contributed by atoms with Gasteiger partial charge in [-0.15, -0.1) is 11.3 Å². The third-order valence-electron chi connectivity index (χ3n) is 1.14. The molecule has 0 radical (unpaired) electrons. The summed E-state index contributed by atoms with van der Waals surface area (Å²) in [6, 6.07) is 1.99. The zero-order chi connectivity index (χ0) is 6.15. The van der Waals surface area contributed by atoms with E-state index in [1.165, 1.54) is 10.4 Å². The minimum absolute atomic E-state index is 0.889. The molecule has 44 valence electrons. The van der Waals surface area contributed by atoms with Gasteiger partial charge in [-0.2, -0.15) is 0 Å². The zero-order valence-corrected chi connectivity index (χ0v) is 6.44. The van der Waals surface area contributed by atoms with E-state index in [1.54, 1.807) is 11.3 Å². The molecular formula is C6H7ClS. The Morgan fingerprint density at radius 3 is 2.25 bits per heavy atom. The molecule has 0 N–H and O–H groups in total. The molecular weight excluding hydrogens is 140 g/mol. The van der Waals surface area contributed by atoms with Crippen LogP contribution < -0.4 is 0 Å². The zero-order valence-electron chi connectivity index (χ0n) is 4.86. The van der Waals surface area contributed by atoms with Crippen LogP contribution in [0.4, 0.5) is 0 Å². The van der Waals surface area contributed by atoms with Crippen molar-refractivity contribution >= 4 is 22.9 Å². The average molecular weight is 147 g/mol. The first kappa shape index (κ1) is 6.12. The van der Waals surface area contributed by atoms with Crippen molar-refractivity contribution in [1.29, 1.82) is 0 Å². The first-order chi connectivity index (χ1) is 3.70. The maximum absolute atomic E-state index is 5.68. The lowest BCUT2D eigenvalue weighted by atomic mass is 10.3. The summed E-state index contributed by atoms with van der Waals surface area (Å²) in [7, 11) is 0. The summed E-state index contributed by atoms with van der Waals surface area (Å²) in [6.45, 7) is 4.14. The second kappa shape index (κ2) is 2.08. The van der Waals surface area contributed by atoms with E-state index in [0.29, 0.717) is 0 Å². The summed E-state index contributed by atoms with van der Waals surface area (Å²) in [5.74, 6) is 0. The molecule has 0 atom stereocenters. The molecule has 0 saturated heterocycles. The molecule has 2 heteroatoms. The van der Waals surface area contributed by atoms with Crippen LogP contribution in [0.25, 0.3) is 0 Å². The number of aryl methyl sites for hydroxylation is 2. The normalized spacial score (nSPS) is 9.88. The lowest BCUT2D eigenvalue weighted by Gasteiger charge is -1.79. The number of halogens is 1. The highest BCUT2D eigenvalue weighted by Gasteiger charge is 1.95. The monoisotopic (exact) mass is 146 g/mol. The molecule has 0 amide bonds. The highest BCUT2D eigenvalue weighted by molar-refractivity contribution is 7.16. The Bertz CT molecular complexity index is 171. The van der Waals surface area contributed by atoms with Crippen LogP contribution in [0, 0.1) is 13.8 Å². The summed E-state index contributed by atoms with van der Waals surface area (Å²) >= 11 is 7.32. The minimum atomic E-state index is 0.889. The summed E-state index contributed by atoms with van der Waals surface area (Å²) in [5, 5.41) is 0. The molecule has 1 aromatic rings. The van der Waals surface area contributed by atoms with E-state index in [1.807, 2.05) is 6.07 Å². The molecule has 0 spiro atoms. The van der Waals surface area contributed by atoms with Crippen LogP contribution >= 0.6 is 22.9 Å². The largest absolute Gasteiger partial charge is 0.128 e. The van der Waals surface area contributed by atoms with Gasteiger partial charge in [-0.1, -0.05) is 11.6 Å². The molecule has 0 unspecified atom stereocenters. The van der Waals surface area contributed by atoms with Crippen molar-refractivity contribution in [3.8, 4) is 0 Å². The van der Waals surface area contributed by atoms with E-state index in [4.69, 9.17) is 11.6 Å². The molecule has 0 aromatic carbocycles. The number of hydrogen-bond acceptors (Lipinski definition) is 1. The van der Waals surface area contributed by atoms with E-state index in [2.05, 4.69) is 13.8 Å². The maximum atomic E-state index is 5.68. The molecule has 1 rings (SSSR count). The van der Waals surface area contributed by atoms with Crippen LogP contribution in [0.15, 0.2) is 6.07 Å². The fraction of sp³-hybridized carbons (Fsp3) is 0.333. The van der Waals surface area contributed by atoms with Crippen molar-refractivity contribution in [2.75, 3.05) is 0 Å². The number of rotatable bonds is 0. The van der Waals surface area contributed by atoms with Crippen LogP contribution in [-0.4, -0.2) is 0 Å². The smallest absolute Gasteiger partial charge is 0.0933 e. The summed E-state index contributed by atoms with van der Waals surface area (Å²) in [6.07, 6.45) is 0. The van der Waals surface area contributed by atoms with E-state index >= 15 is 0 Å². The van der Waals surface area contributed by atoms with E-state index in [0.717, 1.165) is 4.34 Å². The van der Waals surface area contributed by atoms with Crippen LogP contribution in [-0.2, 0) is 0 Å². The van der Waals surface area contributed by atoms with Gasteiger partial charge in [0.15, 0.2) is 0 Å². The molecule has 1 heterocycles. The van der Waals surface area contributed by atoms with Crippen LogP contribution in [0.1, 0.15) is 10.4 Å². The molecule has 0 aliphatic rings. The van der Waals surface area contributed by atoms with Gasteiger partial charge in [-0.05, 0) is 25.5 Å². The molecule has 0 nitrogen and oxygen atoms in total. The third kappa shape index (κ3) is 1.04. The van der Waals surface area contributed by atoms with Gasteiger partial charge in [0.05, 0.1) is 4.34 Å². The Morgan fingerprint density at radius 2 is 2.12 bits per heavy atom. The second-order valence-electron chi connectivity index (χ2n) is 1.79. The van der Waals surface area contributed by atoms with Crippen molar-refractivity contribution in [1.82, 2.24) is 0 Å². The predicted molar refractivity (Wildman–Crippen MR) is 38.8 cm³/mol. The highest BCUT2D eigenvalue weighted by atomic mass is 35.5. The van der Waals surface area contributed by atoms with Gasteiger partial charge in [0.2, 0.25) is 0 Å². The Labute approximate surface area is 58.1 Å². The van der Waals surface area contributed by atoms with Crippen molar-refractivity contribution in [3.63, 3.8) is 0 Å². The predicted octanol–water partition coefficient (Wildman–Crippen LogP) is 3.02. The first-order valence-corrected chi connectivity index (χ1v) is 3.62. The fourth-order valence-corrected chi connectivity index (χ4v) is 1.79. The van der Waals surface area contributed by atoms with Gasteiger partial charge in [0.25, 0.3) is 0 Å². The van der Waals surface area contributed by atoms with Crippen LogP contribution in [0.3, 0.4) is 0 Å². The van der Waals surface area contributed by atoms with Crippen molar-refractivity contribution in [2.45, 2.75) is 13.8 Å². The fourth-order valence-electron chi connectivity index (χ4n) is 0.528. The molecule has 1 aromatic heterocycles. The Morgan fingerprint density at radius 1 is 1.50 bits per heavy atom. The molecule has 0 aliphatic carbocycles. The molecule has 0 bridgehead atoms. The molecule has 0 fully saturated rings. The topological polar surface area (TPSA) is 0 Å². The molecule has 0 saturated carbocycles. The van der Waals surface area contributed by atoms with Crippen molar-refractivity contribution in [3.05, 3.63) is 20.8 Å². The maximum Gasteiger partial charge on any atom is 0.0933 e. The SMILES string of the molecule is Cc1cc(Cl)sc1C. The van der Waals surface area contributed by atoms with Gasteiger partial charge >= 0.3 is 0 Å². The van der Waals surface area contributed by atoms with Crippen molar-refractivity contribution < 1.29 is 0 Å². The van der Waals surface area contributed by atoms with Gasteiger partial charge < -0.3 is 0 Å². The van der Waals surface area contributed by atoms with Gasteiger partial charge in [-0.25, -0.2) is 0 Å². The molecule has 8 heavy (non-hydrogen) atoms. The third-order valence-corrected chi connectivity index (χ3v) is 2.42. The summed E-state index contributed by atoms with van der Waals surface area (Å²) < 4.78 is 0.889. The van der Waals surface area contributed by atoms with Gasteiger partial charge in [0.1, 0.15) is 0 Å². The Kier molecular flexibility index (Phi) is 1.59. The summed E-state index contributed by atoms with van der Waals surface area (Å²) in [4.78, 5) is 1.31. The van der Waals surface area contributed by atoms with Crippen LogP contribution in [0.5, 0.6) is 0 Å². The quantitative estimate of drug-likeness (QED) is 0.528. The van der Waals surface area contributed by atoms with Crippen LogP contribution in [0.2, 0.25) is 4.34 Å². The molecule has 0 aliphatic heterocycles.